The van der Waals surface area contributed by atoms with E-state index in [2.05, 4.69) is 6.07 Å². The van der Waals surface area contributed by atoms with Gasteiger partial charge in [-0.25, -0.2) is 0 Å². The smallest absolute Gasteiger partial charge is 0.230 e. The van der Waals surface area contributed by atoms with E-state index in [0.717, 1.165) is 6.42 Å². The third-order valence-corrected chi connectivity index (χ3v) is 3.50. The molecule has 0 heterocycles. The fraction of sp³-hybridized carbons (Fsp3) is 0.462. The first-order valence-electron chi connectivity index (χ1n) is 5.69. The fourth-order valence-corrected chi connectivity index (χ4v) is 2.10. The highest BCUT2D eigenvalue weighted by Gasteiger charge is 2.34. The van der Waals surface area contributed by atoms with Gasteiger partial charge >= 0.3 is 0 Å². The lowest BCUT2D eigenvalue weighted by atomic mass is 9.77. The van der Waals surface area contributed by atoms with Crippen LogP contribution in [0.3, 0.4) is 0 Å². The molecule has 1 aromatic rings. The van der Waals surface area contributed by atoms with Crippen molar-refractivity contribution in [1.82, 2.24) is 4.90 Å². The second-order valence-corrected chi connectivity index (χ2v) is 4.49. The van der Waals surface area contributed by atoms with E-state index < -0.39 is 0 Å². The van der Waals surface area contributed by atoms with Crippen molar-refractivity contribution >= 4 is 5.91 Å². The molecule has 1 aliphatic carbocycles. The topological polar surface area (TPSA) is 46.3 Å². The van der Waals surface area contributed by atoms with Crippen LogP contribution in [-0.2, 0) is 11.2 Å². The number of carbonyl (C=O) groups excluding carboxylic acids is 1. The van der Waals surface area contributed by atoms with Crippen molar-refractivity contribution in [3.8, 4) is 0 Å². The summed E-state index contributed by atoms with van der Waals surface area (Å²) in [4.78, 5) is 13.9. The van der Waals surface area contributed by atoms with Gasteiger partial charge in [-0.15, -0.1) is 0 Å². The molecule has 86 valence electrons. The van der Waals surface area contributed by atoms with Crippen LogP contribution >= 0.6 is 0 Å². The van der Waals surface area contributed by atoms with Gasteiger partial charge in [-0.2, -0.15) is 0 Å². The average Bonchev–Trinajstić information content (AvgIpc) is 2.28. The first-order chi connectivity index (χ1) is 7.65. The van der Waals surface area contributed by atoms with E-state index >= 15 is 0 Å². The summed E-state index contributed by atoms with van der Waals surface area (Å²) in [6.07, 6.45) is 0.872. The van der Waals surface area contributed by atoms with Crippen LogP contribution in [0.25, 0.3) is 0 Å². The van der Waals surface area contributed by atoms with Gasteiger partial charge in [-0.3, -0.25) is 4.79 Å². The van der Waals surface area contributed by atoms with Gasteiger partial charge in [0.1, 0.15) is 0 Å². The molecular weight excluding hydrogens is 200 g/mol. The molecule has 0 radical (unpaired) electrons. The van der Waals surface area contributed by atoms with Gasteiger partial charge in [0.15, 0.2) is 0 Å². The first kappa shape index (κ1) is 11.1. The number of likely N-dealkylation sites (N-methyl/N-ethyl adjacent to an activating group) is 1. The van der Waals surface area contributed by atoms with Gasteiger partial charge in [0.2, 0.25) is 5.91 Å². The number of nitrogens with two attached hydrogens (primary N) is 1. The summed E-state index contributed by atoms with van der Waals surface area (Å²) >= 11 is 0. The normalized spacial score (nSPS) is 19.6. The Kier molecular flexibility index (Phi) is 2.97. The number of hydrogen-bond donors (Lipinski definition) is 1. The molecule has 0 spiro atoms. The average molecular weight is 218 g/mol. The van der Waals surface area contributed by atoms with Gasteiger partial charge in [-0.1, -0.05) is 24.3 Å². The van der Waals surface area contributed by atoms with Gasteiger partial charge in [0, 0.05) is 19.6 Å². The molecule has 0 bridgehead atoms. The number of amides is 1. The third kappa shape index (κ3) is 1.71. The Balaban J connectivity index is 2.10. The highest BCUT2D eigenvalue weighted by molar-refractivity contribution is 5.87. The zero-order valence-corrected chi connectivity index (χ0v) is 9.81. The van der Waals surface area contributed by atoms with E-state index in [1.807, 2.05) is 32.2 Å². The van der Waals surface area contributed by atoms with Gasteiger partial charge in [-0.05, 0) is 24.5 Å². The summed E-state index contributed by atoms with van der Waals surface area (Å²) in [5.74, 6) is 0.242. The van der Waals surface area contributed by atoms with Gasteiger partial charge < -0.3 is 10.6 Å². The molecule has 2 N–H and O–H groups in total. The monoisotopic (exact) mass is 218 g/mol. The molecule has 0 fully saturated rings. The summed E-state index contributed by atoms with van der Waals surface area (Å²) < 4.78 is 0. The Morgan fingerprint density at radius 3 is 2.88 bits per heavy atom. The quantitative estimate of drug-likeness (QED) is 0.826. The minimum absolute atomic E-state index is 0.0511. The molecule has 2 atom stereocenters. The number of benzene rings is 1. The summed E-state index contributed by atoms with van der Waals surface area (Å²) in [6.45, 7) is 2.49. The van der Waals surface area contributed by atoms with Crippen LogP contribution in [0.1, 0.15) is 24.0 Å². The van der Waals surface area contributed by atoms with Crippen LogP contribution in [0.4, 0.5) is 0 Å². The molecule has 0 aromatic heterocycles. The lowest BCUT2D eigenvalue weighted by molar-refractivity contribution is -0.133. The van der Waals surface area contributed by atoms with Crippen molar-refractivity contribution < 1.29 is 4.79 Å². The van der Waals surface area contributed by atoms with E-state index in [4.69, 9.17) is 5.73 Å². The van der Waals surface area contributed by atoms with Crippen molar-refractivity contribution in [1.29, 1.82) is 0 Å². The lowest BCUT2D eigenvalue weighted by Gasteiger charge is -2.34. The Morgan fingerprint density at radius 1 is 1.56 bits per heavy atom. The fourth-order valence-electron chi connectivity index (χ4n) is 2.10. The number of nitrogens with zero attached hydrogens (tertiary/aromatic N) is 1. The molecule has 0 aliphatic heterocycles. The zero-order chi connectivity index (χ0) is 11.7. The van der Waals surface area contributed by atoms with Crippen molar-refractivity contribution in [2.24, 2.45) is 5.73 Å². The highest BCUT2D eigenvalue weighted by Crippen LogP contribution is 2.36. The van der Waals surface area contributed by atoms with Crippen LogP contribution in [0.15, 0.2) is 24.3 Å². The summed E-state index contributed by atoms with van der Waals surface area (Å²) in [5, 5.41) is 0. The van der Waals surface area contributed by atoms with E-state index in [1.165, 1.54) is 11.1 Å². The molecule has 1 aromatic carbocycles. The van der Waals surface area contributed by atoms with E-state index in [-0.39, 0.29) is 17.9 Å². The highest BCUT2D eigenvalue weighted by atomic mass is 16.2. The number of rotatable bonds is 3. The Hall–Kier alpha value is -1.35. The number of hydrogen-bond acceptors (Lipinski definition) is 2. The van der Waals surface area contributed by atoms with Crippen LogP contribution < -0.4 is 5.73 Å². The van der Waals surface area contributed by atoms with Crippen LogP contribution in [-0.4, -0.2) is 30.4 Å². The van der Waals surface area contributed by atoms with E-state index in [1.54, 1.807) is 4.90 Å². The van der Waals surface area contributed by atoms with Gasteiger partial charge in [0.25, 0.3) is 0 Å². The van der Waals surface area contributed by atoms with Gasteiger partial charge in [0.05, 0.1) is 5.92 Å². The molecular formula is C13H18N2O. The lowest BCUT2D eigenvalue weighted by Crippen LogP contribution is -2.44. The standard InChI is InChI=1S/C13H18N2O/c1-9(8-14)15(2)13(16)12-7-10-5-3-4-6-11(10)12/h3-6,9,12H,7-8,14H2,1-2H3. The minimum atomic E-state index is 0.0511. The summed E-state index contributed by atoms with van der Waals surface area (Å²) in [6, 6.07) is 8.25. The maximum Gasteiger partial charge on any atom is 0.230 e. The Labute approximate surface area is 96.2 Å². The van der Waals surface area contributed by atoms with Crippen molar-refractivity contribution in [3.05, 3.63) is 35.4 Å². The van der Waals surface area contributed by atoms with E-state index in [0.29, 0.717) is 6.54 Å². The van der Waals surface area contributed by atoms with E-state index in [9.17, 15) is 4.79 Å². The predicted octanol–water partition coefficient (Wildman–Crippen LogP) is 1.13. The molecule has 1 amide bonds. The Morgan fingerprint density at radius 2 is 2.25 bits per heavy atom. The predicted molar refractivity (Wildman–Crippen MR) is 64.2 cm³/mol. The Bertz CT molecular complexity index is 403. The summed E-state index contributed by atoms with van der Waals surface area (Å²) in [5.41, 5.74) is 8.06. The van der Waals surface area contributed by atoms with Crippen molar-refractivity contribution in [2.75, 3.05) is 13.6 Å². The second-order valence-electron chi connectivity index (χ2n) is 4.49. The third-order valence-electron chi connectivity index (χ3n) is 3.50. The number of fused-ring (bicyclic) bond motifs is 1. The molecule has 0 saturated heterocycles. The maximum absolute atomic E-state index is 12.2. The molecule has 16 heavy (non-hydrogen) atoms. The maximum atomic E-state index is 12.2. The molecule has 3 heteroatoms. The SMILES string of the molecule is CC(CN)N(C)C(=O)C1Cc2ccccc21. The van der Waals surface area contributed by atoms with Crippen molar-refractivity contribution in [2.45, 2.75) is 25.3 Å². The molecule has 1 aliphatic rings. The molecule has 2 rings (SSSR count). The first-order valence-corrected chi connectivity index (χ1v) is 5.69. The molecule has 0 saturated carbocycles. The van der Waals surface area contributed by atoms with Crippen molar-refractivity contribution in [3.63, 3.8) is 0 Å². The minimum Gasteiger partial charge on any atom is -0.341 e. The van der Waals surface area contributed by atoms with Crippen LogP contribution in [0.5, 0.6) is 0 Å². The molecule has 2 unspecified atom stereocenters. The second kappa shape index (κ2) is 4.26. The molecule has 3 nitrogen and oxygen atoms in total. The van der Waals surface area contributed by atoms with Crippen LogP contribution in [0, 0.1) is 0 Å². The largest absolute Gasteiger partial charge is 0.341 e. The van der Waals surface area contributed by atoms with Crippen LogP contribution in [0.2, 0.25) is 0 Å². The summed E-state index contributed by atoms with van der Waals surface area (Å²) in [7, 11) is 1.83. The number of carbonyl (C=O) groups is 1. The zero-order valence-electron chi connectivity index (χ0n) is 9.81.